The van der Waals surface area contributed by atoms with Gasteiger partial charge in [0.1, 0.15) is 11.5 Å². The Morgan fingerprint density at radius 1 is 1.10 bits per heavy atom. The van der Waals surface area contributed by atoms with Crippen LogP contribution in [0, 0.1) is 6.92 Å². The Hall–Kier alpha value is -2.49. The maximum absolute atomic E-state index is 13.0. The van der Waals surface area contributed by atoms with Gasteiger partial charge in [-0.25, -0.2) is 8.42 Å². The third-order valence-corrected chi connectivity index (χ3v) is 6.42. The molecule has 1 saturated heterocycles. The molecule has 30 heavy (non-hydrogen) atoms. The average Bonchev–Trinajstić information content (AvgIpc) is 2.74. The topological polar surface area (TPSA) is 94.2 Å². The summed E-state index contributed by atoms with van der Waals surface area (Å²) in [6.07, 6.45) is 0. The van der Waals surface area contributed by atoms with Gasteiger partial charge in [0.05, 0.1) is 43.0 Å². The highest BCUT2D eigenvalue weighted by Crippen LogP contribution is 2.37. The monoisotopic (exact) mass is 454 g/mol. The molecule has 3 rings (SSSR count). The zero-order valence-electron chi connectivity index (χ0n) is 16.9. The first-order valence-corrected chi connectivity index (χ1v) is 11.0. The number of amides is 1. The lowest BCUT2D eigenvalue weighted by Crippen LogP contribution is -2.41. The van der Waals surface area contributed by atoms with Gasteiger partial charge in [0.2, 0.25) is 0 Å². The second kappa shape index (κ2) is 9.11. The third-order valence-electron chi connectivity index (χ3n) is 4.77. The lowest BCUT2D eigenvalue weighted by molar-refractivity contribution is 0.0302. The molecule has 0 aliphatic carbocycles. The lowest BCUT2D eigenvalue weighted by atomic mass is 10.1. The van der Waals surface area contributed by atoms with Crippen molar-refractivity contribution >= 4 is 33.2 Å². The predicted molar refractivity (Wildman–Crippen MR) is 113 cm³/mol. The van der Waals surface area contributed by atoms with Gasteiger partial charge in [0.15, 0.2) is 0 Å². The number of anilines is 1. The van der Waals surface area contributed by atoms with Gasteiger partial charge >= 0.3 is 0 Å². The van der Waals surface area contributed by atoms with Gasteiger partial charge in [0, 0.05) is 30.8 Å². The second-order valence-corrected chi connectivity index (χ2v) is 8.76. The fourth-order valence-corrected chi connectivity index (χ4v) is 4.40. The zero-order valence-corrected chi connectivity index (χ0v) is 18.5. The van der Waals surface area contributed by atoms with Crippen molar-refractivity contribution in [3.05, 3.63) is 46.5 Å². The Morgan fingerprint density at radius 3 is 2.40 bits per heavy atom. The molecule has 0 spiro atoms. The maximum Gasteiger partial charge on any atom is 0.262 e. The average molecular weight is 455 g/mol. The second-order valence-electron chi connectivity index (χ2n) is 6.67. The minimum Gasteiger partial charge on any atom is -0.495 e. The summed E-state index contributed by atoms with van der Waals surface area (Å²) in [4.78, 5) is 14.5. The number of hydrogen-bond acceptors (Lipinski definition) is 6. The van der Waals surface area contributed by atoms with Gasteiger partial charge in [-0.3, -0.25) is 9.52 Å². The summed E-state index contributed by atoms with van der Waals surface area (Å²) in [6.45, 7) is 3.63. The van der Waals surface area contributed by atoms with Crippen LogP contribution in [0.2, 0.25) is 5.02 Å². The van der Waals surface area contributed by atoms with Crippen molar-refractivity contribution in [3.63, 3.8) is 0 Å². The van der Waals surface area contributed by atoms with Gasteiger partial charge in [0.25, 0.3) is 15.9 Å². The number of sulfonamides is 1. The molecule has 8 nitrogen and oxygen atoms in total. The highest BCUT2D eigenvalue weighted by Gasteiger charge is 2.24. The van der Waals surface area contributed by atoms with E-state index < -0.39 is 10.0 Å². The van der Waals surface area contributed by atoms with Crippen molar-refractivity contribution in [1.29, 1.82) is 0 Å². The smallest absolute Gasteiger partial charge is 0.262 e. The van der Waals surface area contributed by atoms with E-state index in [0.29, 0.717) is 43.2 Å². The summed E-state index contributed by atoms with van der Waals surface area (Å²) in [5, 5.41) is 0.283. The number of halogens is 1. The van der Waals surface area contributed by atoms with Crippen LogP contribution < -0.4 is 14.2 Å². The summed E-state index contributed by atoms with van der Waals surface area (Å²) in [7, 11) is -1.18. The minimum atomic E-state index is -4.01. The summed E-state index contributed by atoms with van der Waals surface area (Å²) in [6, 6.07) is 7.35. The van der Waals surface area contributed by atoms with E-state index in [-0.39, 0.29) is 27.3 Å². The van der Waals surface area contributed by atoms with Crippen LogP contribution in [0.3, 0.4) is 0 Å². The molecule has 162 valence electrons. The number of nitrogens with one attached hydrogen (secondary N) is 1. The van der Waals surface area contributed by atoms with Crippen molar-refractivity contribution in [2.24, 2.45) is 0 Å². The molecule has 0 atom stereocenters. The Bertz CT molecular complexity index is 1050. The summed E-state index contributed by atoms with van der Waals surface area (Å²) in [5.74, 6) is 0.307. The van der Waals surface area contributed by atoms with E-state index in [1.807, 2.05) is 0 Å². The predicted octanol–water partition coefficient (Wildman–Crippen LogP) is 2.94. The molecule has 1 heterocycles. The number of benzene rings is 2. The van der Waals surface area contributed by atoms with Crippen LogP contribution in [0.5, 0.6) is 11.5 Å². The van der Waals surface area contributed by atoms with Gasteiger partial charge in [-0.15, -0.1) is 0 Å². The van der Waals surface area contributed by atoms with Crippen LogP contribution in [-0.2, 0) is 14.8 Å². The van der Waals surface area contributed by atoms with Crippen molar-refractivity contribution < 1.29 is 27.4 Å². The molecule has 2 aromatic carbocycles. The molecule has 10 heteroatoms. The number of carbonyl (C=O) groups excluding carboxylic acids is 1. The normalized spacial score (nSPS) is 14.3. The highest BCUT2D eigenvalue weighted by molar-refractivity contribution is 7.92. The van der Waals surface area contributed by atoms with Crippen LogP contribution in [0.1, 0.15) is 15.9 Å². The number of hydrogen-bond donors (Lipinski definition) is 1. The number of rotatable bonds is 6. The van der Waals surface area contributed by atoms with E-state index in [2.05, 4.69) is 4.72 Å². The molecule has 0 aromatic heterocycles. The first kappa shape index (κ1) is 22.2. The van der Waals surface area contributed by atoms with Gasteiger partial charge < -0.3 is 19.1 Å². The number of methoxy groups -OCH3 is 2. The fourth-order valence-electron chi connectivity index (χ4n) is 3.08. The van der Waals surface area contributed by atoms with Crippen LogP contribution >= 0.6 is 11.6 Å². The third kappa shape index (κ3) is 4.63. The van der Waals surface area contributed by atoms with E-state index in [9.17, 15) is 13.2 Å². The van der Waals surface area contributed by atoms with Gasteiger partial charge in [-0.1, -0.05) is 17.7 Å². The summed E-state index contributed by atoms with van der Waals surface area (Å²) >= 11 is 6.08. The van der Waals surface area contributed by atoms with E-state index in [4.69, 9.17) is 25.8 Å². The van der Waals surface area contributed by atoms with Crippen LogP contribution in [-0.4, -0.2) is 59.7 Å². The molecule has 2 aromatic rings. The number of nitrogens with zero attached hydrogens (tertiary/aromatic N) is 1. The van der Waals surface area contributed by atoms with E-state index >= 15 is 0 Å². The van der Waals surface area contributed by atoms with Crippen LogP contribution in [0.15, 0.2) is 35.2 Å². The zero-order chi connectivity index (χ0) is 21.9. The van der Waals surface area contributed by atoms with E-state index in [1.54, 1.807) is 17.9 Å². The molecule has 1 aliphatic heterocycles. The molecule has 1 aliphatic rings. The molecule has 0 radical (unpaired) electrons. The molecular weight excluding hydrogens is 432 g/mol. The largest absolute Gasteiger partial charge is 0.495 e. The number of morpholine rings is 1. The number of carbonyl (C=O) groups is 1. The van der Waals surface area contributed by atoms with Crippen molar-refractivity contribution in [1.82, 2.24) is 4.90 Å². The standard InChI is InChI=1S/C20H23ClN2O6S/c1-13-4-5-14(10-15(13)20(24)23-6-8-29-9-7-23)30(25,26)22-17-12-18(27-2)16(21)11-19(17)28-3/h4-5,10-12,22H,6-9H2,1-3H3. The molecule has 1 amide bonds. The first-order valence-electron chi connectivity index (χ1n) is 9.19. The maximum atomic E-state index is 13.0. The molecule has 0 unspecified atom stereocenters. The van der Waals surface area contributed by atoms with Crippen molar-refractivity contribution in [3.8, 4) is 11.5 Å². The Labute approximate surface area is 180 Å². The van der Waals surface area contributed by atoms with Crippen molar-refractivity contribution in [2.45, 2.75) is 11.8 Å². The van der Waals surface area contributed by atoms with Crippen LogP contribution in [0.4, 0.5) is 5.69 Å². The summed E-state index contributed by atoms with van der Waals surface area (Å²) < 4.78 is 44.2. The quantitative estimate of drug-likeness (QED) is 0.721. The van der Waals surface area contributed by atoms with Gasteiger partial charge in [-0.05, 0) is 24.6 Å². The molecule has 1 fully saturated rings. The molecule has 1 N–H and O–H groups in total. The number of aryl methyl sites for hydroxylation is 1. The Balaban J connectivity index is 1.94. The van der Waals surface area contributed by atoms with Crippen LogP contribution in [0.25, 0.3) is 0 Å². The summed E-state index contributed by atoms with van der Waals surface area (Å²) in [5.41, 5.74) is 1.19. The Morgan fingerprint density at radius 2 is 1.77 bits per heavy atom. The molecular formula is C20H23ClN2O6S. The SMILES string of the molecule is COc1cc(NS(=O)(=O)c2ccc(C)c(C(=O)N3CCOCC3)c2)c(OC)cc1Cl. The Kier molecular flexibility index (Phi) is 6.74. The van der Waals surface area contributed by atoms with E-state index in [1.165, 1.54) is 38.5 Å². The van der Waals surface area contributed by atoms with Gasteiger partial charge in [-0.2, -0.15) is 0 Å². The minimum absolute atomic E-state index is 0.0410. The number of ether oxygens (including phenoxy) is 3. The molecule has 0 bridgehead atoms. The highest BCUT2D eigenvalue weighted by atomic mass is 35.5. The van der Waals surface area contributed by atoms with Crippen molar-refractivity contribution in [2.75, 3.05) is 45.2 Å². The molecule has 0 saturated carbocycles. The van der Waals surface area contributed by atoms with E-state index in [0.717, 1.165) is 0 Å². The lowest BCUT2D eigenvalue weighted by Gasteiger charge is -2.27. The fraction of sp³-hybridized carbons (Fsp3) is 0.350. The first-order chi connectivity index (χ1) is 14.3.